The molecule has 0 aromatic heterocycles. The number of carbonyl (C=O) groups excluding carboxylic acids is 1. The van der Waals surface area contributed by atoms with Gasteiger partial charge >= 0.3 is 5.97 Å². The van der Waals surface area contributed by atoms with Gasteiger partial charge in [0.05, 0.1) is 32.3 Å². The summed E-state index contributed by atoms with van der Waals surface area (Å²) >= 11 is 0. The molecule has 0 bridgehead atoms. The van der Waals surface area contributed by atoms with Crippen LogP contribution in [0.4, 0.5) is 0 Å². The molecule has 3 aliphatic rings. The van der Waals surface area contributed by atoms with Gasteiger partial charge in [-0.2, -0.15) is 0 Å². The van der Waals surface area contributed by atoms with E-state index >= 15 is 0 Å². The molecular weight excluding hydrogens is 498 g/mol. The summed E-state index contributed by atoms with van der Waals surface area (Å²) in [5.74, 6) is -0.767. The molecule has 2 saturated heterocycles. The summed E-state index contributed by atoms with van der Waals surface area (Å²) in [6.07, 6.45) is 4.69. The molecule has 1 amide bonds. The molecule has 9 nitrogen and oxygen atoms in total. The van der Waals surface area contributed by atoms with E-state index in [2.05, 4.69) is 31.7 Å². The van der Waals surface area contributed by atoms with E-state index in [1.165, 1.54) is 0 Å². The lowest BCUT2D eigenvalue weighted by Crippen LogP contribution is -2.47. The van der Waals surface area contributed by atoms with Crippen LogP contribution in [0.3, 0.4) is 0 Å². The van der Waals surface area contributed by atoms with Crippen LogP contribution in [0.1, 0.15) is 69.9 Å². The van der Waals surface area contributed by atoms with Gasteiger partial charge in [0.25, 0.3) is 0 Å². The standard InChI is InChI=1S/C30H47N3O6/c1-4-5-12-32(13-7-6-11-31)26(34)20-33-19-23(21-8-9-25-22(17-21)10-14-37-25)27(28(35)36)24(33)18-30(2,3)29-38-15-16-39-29/h8-9,17,23-24,27,29H,4-7,10-16,18-20,31H2,1-3H3,(H,35,36)/t23-,24+,27-/m1/s1. The number of unbranched alkanes of at least 4 members (excludes halogenated alkanes) is 2. The van der Waals surface area contributed by atoms with Gasteiger partial charge in [-0.25, -0.2) is 0 Å². The summed E-state index contributed by atoms with van der Waals surface area (Å²) in [6.45, 7) is 10.7. The molecule has 0 aliphatic carbocycles. The zero-order chi connectivity index (χ0) is 28.0. The molecule has 0 spiro atoms. The van der Waals surface area contributed by atoms with Crippen molar-refractivity contribution in [2.75, 3.05) is 52.5 Å². The third kappa shape index (κ3) is 7.12. The fraction of sp³-hybridized carbons (Fsp3) is 0.733. The van der Waals surface area contributed by atoms with Crippen LogP contribution in [0, 0.1) is 11.3 Å². The predicted molar refractivity (Wildman–Crippen MR) is 149 cm³/mol. The van der Waals surface area contributed by atoms with E-state index in [4.69, 9.17) is 19.9 Å². The highest BCUT2D eigenvalue weighted by atomic mass is 16.7. The first kappa shape index (κ1) is 29.8. The number of nitrogens with zero attached hydrogens (tertiary/aromatic N) is 2. The molecule has 0 radical (unpaired) electrons. The molecular formula is C30H47N3O6. The molecule has 218 valence electrons. The van der Waals surface area contributed by atoms with Crippen LogP contribution >= 0.6 is 0 Å². The minimum atomic E-state index is -0.827. The number of likely N-dealkylation sites (tertiary alicyclic amines) is 1. The van der Waals surface area contributed by atoms with Crippen LogP contribution in [0.25, 0.3) is 0 Å². The number of hydrogen-bond donors (Lipinski definition) is 2. The highest BCUT2D eigenvalue weighted by Gasteiger charge is 2.50. The lowest BCUT2D eigenvalue weighted by Gasteiger charge is -2.37. The summed E-state index contributed by atoms with van der Waals surface area (Å²) < 4.78 is 17.4. The molecule has 3 N–H and O–H groups in total. The van der Waals surface area contributed by atoms with Crippen molar-refractivity contribution in [1.82, 2.24) is 9.80 Å². The Hall–Kier alpha value is -2.20. The molecule has 1 aromatic rings. The van der Waals surface area contributed by atoms with Crippen molar-refractivity contribution >= 4 is 11.9 Å². The molecule has 0 saturated carbocycles. The average molecular weight is 546 g/mol. The minimum absolute atomic E-state index is 0.0591. The van der Waals surface area contributed by atoms with Crippen LogP contribution in [-0.2, 0) is 25.5 Å². The molecule has 1 aromatic carbocycles. The van der Waals surface area contributed by atoms with E-state index in [1.807, 2.05) is 17.0 Å². The van der Waals surface area contributed by atoms with E-state index in [9.17, 15) is 14.7 Å². The Morgan fingerprint density at radius 1 is 1.13 bits per heavy atom. The number of carbonyl (C=O) groups is 2. The lowest BCUT2D eigenvalue weighted by molar-refractivity contribution is -0.148. The van der Waals surface area contributed by atoms with Crippen LogP contribution in [0.5, 0.6) is 5.75 Å². The predicted octanol–water partition coefficient (Wildman–Crippen LogP) is 3.25. The van der Waals surface area contributed by atoms with E-state index < -0.39 is 23.6 Å². The van der Waals surface area contributed by atoms with Gasteiger partial charge in [-0.3, -0.25) is 14.5 Å². The van der Waals surface area contributed by atoms with Crippen molar-refractivity contribution in [2.45, 2.75) is 77.5 Å². The molecule has 4 rings (SSSR count). The summed E-state index contributed by atoms with van der Waals surface area (Å²) in [5, 5.41) is 10.6. The van der Waals surface area contributed by atoms with Gasteiger partial charge in [0.15, 0.2) is 6.29 Å². The van der Waals surface area contributed by atoms with Crippen molar-refractivity contribution < 1.29 is 28.9 Å². The topological polar surface area (TPSA) is 115 Å². The zero-order valence-electron chi connectivity index (χ0n) is 23.9. The maximum absolute atomic E-state index is 13.7. The van der Waals surface area contributed by atoms with Crippen molar-refractivity contribution in [3.05, 3.63) is 29.3 Å². The molecule has 39 heavy (non-hydrogen) atoms. The number of nitrogens with two attached hydrogens (primary N) is 1. The Morgan fingerprint density at radius 2 is 1.87 bits per heavy atom. The minimum Gasteiger partial charge on any atom is -0.493 e. The van der Waals surface area contributed by atoms with E-state index in [0.717, 1.165) is 49.0 Å². The Labute approximate surface area is 232 Å². The van der Waals surface area contributed by atoms with Gasteiger partial charge in [0.1, 0.15) is 5.75 Å². The number of amides is 1. The quantitative estimate of drug-likeness (QED) is 0.343. The number of rotatable bonds is 14. The number of carboxylic acids is 1. The highest BCUT2D eigenvalue weighted by molar-refractivity contribution is 5.79. The summed E-state index contributed by atoms with van der Waals surface area (Å²) in [7, 11) is 0. The number of aliphatic carboxylic acids is 1. The molecule has 3 atom stereocenters. The van der Waals surface area contributed by atoms with E-state index in [0.29, 0.717) is 52.4 Å². The second-order valence-electron chi connectivity index (χ2n) is 11.9. The zero-order valence-corrected chi connectivity index (χ0v) is 23.9. The van der Waals surface area contributed by atoms with Gasteiger partial charge in [-0.05, 0) is 49.4 Å². The van der Waals surface area contributed by atoms with Gasteiger partial charge in [0.2, 0.25) is 5.91 Å². The van der Waals surface area contributed by atoms with Gasteiger partial charge in [-0.15, -0.1) is 0 Å². The van der Waals surface area contributed by atoms with Crippen molar-refractivity contribution in [1.29, 1.82) is 0 Å². The van der Waals surface area contributed by atoms with Gasteiger partial charge in [0, 0.05) is 43.4 Å². The first-order chi connectivity index (χ1) is 18.7. The van der Waals surface area contributed by atoms with E-state index in [-0.39, 0.29) is 24.4 Å². The molecule has 3 heterocycles. The lowest BCUT2D eigenvalue weighted by atomic mass is 9.77. The van der Waals surface area contributed by atoms with Crippen molar-refractivity contribution in [3.8, 4) is 5.75 Å². The summed E-state index contributed by atoms with van der Waals surface area (Å²) in [6, 6.07) is 5.75. The molecule has 3 aliphatic heterocycles. The van der Waals surface area contributed by atoms with Crippen molar-refractivity contribution in [2.24, 2.45) is 17.1 Å². The van der Waals surface area contributed by atoms with E-state index in [1.54, 1.807) is 0 Å². The fourth-order valence-corrected chi connectivity index (χ4v) is 6.40. The second-order valence-corrected chi connectivity index (χ2v) is 11.9. The van der Waals surface area contributed by atoms with Crippen molar-refractivity contribution in [3.63, 3.8) is 0 Å². The maximum atomic E-state index is 13.7. The van der Waals surface area contributed by atoms with Crippen LogP contribution < -0.4 is 10.5 Å². The normalized spacial score (nSPS) is 23.6. The average Bonchev–Trinajstić information content (AvgIpc) is 3.66. The third-order valence-corrected chi connectivity index (χ3v) is 8.52. The number of fused-ring (bicyclic) bond motifs is 1. The summed E-state index contributed by atoms with van der Waals surface area (Å²) in [5.41, 5.74) is 7.42. The Morgan fingerprint density at radius 3 is 2.56 bits per heavy atom. The SMILES string of the molecule is CCCCN(CCCCN)C(=O)CN1C[C@H](c2ccc3c(c2)CCO3)[C@@H](C(=O)O)[C@@H]1CC(C)(C)C1OCCO1. The molecule has 2 fully saturated rings. The summed E-state index contributed by atoms with van der Waals surface area (Å²) in [4.78, 5) is 30.6. The second kappa shape index (κ2) is 13.4. The fourth-order valence-electron chi connectivity index (χ4n) is 6.40. The number of benzene rings is 1. The number of hydrogen-bond acceptors (Lipinski definition) is 7. The first-order valence-corrected chi connectivity index (χ1v) is 14.7. The smallest absolute Gasteiger partial charge is 0.308 e. The Bertz CT molecular complexity index is 979. The Kier molecular flexibility index (Phi) is 10.3. The molecule has 9 heteroatoms. The number of ether oxygens (including phenoxy) is 3. The highest BCUT2D eigenvalue weighted by Crippen LogP contribution is 2.45. The largest absolute Gasteiger partial charge is 0.493 e. The number of carboxylic acid groups (broad SMARTS) is 1. The maximum Gasteiger partial charge on any atom is 0.308 e. The monoisotopic (exact) mass is 545 g/mol. The van der Waals surface area contributed by atoms with Crippen LogP contribution in [0.15, 0.2) is 18.2 Å². The van der Waals surface area contributed by atoms with Crippen LogP contribution in [-0.4, -0.2) is 91.7 Å². The Balaban J connectivity index is 1.61. The first-order valence-electron chi connectivity index (χ1n) is 14.7. The third-order valence-electron chi connectivity index (χ3n) is 8.52. The molecule has 0 unspecified atom stereocenters. The van der Waals surface area contributed by atoms with Gasteiger partial charge in [-0.1, -0.05) is 39.3 Å². The van der Waals surface area contributed by atoms with Crippen LogP contribution in [0.2, 0.25) is 0 Å². The van der Waals surface area contributed by atoms with Gasteiger partial charge < -0.3 is 30.0 Å².